The minimum Gasteiger partial charge on any atom is -0.464 e. The number of hydrogen-bond acceptors (Lipinski definition) is 5. The second kappa shape index (κ2) is 6.31. The molecule has 0 bridgehead atoms. The highest BCUT2D eigenvalue weighted by molar-refractivity contribution is 5.89. The summed E-state index contributed by atoms with van der Waals surface area (Å²) in [5.74, 6) is 1.01. The number of carbonyl (C=O) groups is 2. The van der Waals surface area contributed by atoms with Gasteiger partial charge in [-0.1, -0.05) is 0 Å². The van der Waals surface area contributed by atoms with Gasteiger partial charge in [-0.25, -0.2) is 9.79 Å². The Morgan fingerprint density at radius 1 is 1.33 bits per heavy atom. The second-order valence-corrected chi connectivity index (χ2v) is 6.50. The van der Waals surface area contributed by atoms with Gasteiger partial charge in [0.2, 0.25) is 11.8 Å². The van der Waals surface area contributed by atoms with Crippen LogP contribution in [-0.2, 0) is 4.79 Å². The Morgan fingerprint density at radius 2 is 2.15 bits per heavy atom. The molecule has 1 amide bonds. The van der Waals surface area contributed by atoms with E-state index in [4.69, 9.17) is 4.74 Å². The zero-order valence-corrected chi connectivity index (χ0v) is 14.8. The van der Waals surface area contributed by atoms with Crippen LogP contribution in [0.4, 0.5) is 4.79 Å². The van der Waals surface area contributed by atoms with E-state index in [0.717, 1.165) is 21.2 Å². The summed E-state index contributed by atoms with van der Waals surface area (Å²) in [6.07, 6.45) is 4.38. The molecule has 8 heteroatoms. The van der Waals surface area contributed by atoms with Crippen molar-refractivity contribution < 1.29 is 19.4 Å². The van der Waals surface area contributed by atoms with Crippen molar-refractivity contribution in [1.82, 2.24) is 14.8 Å². The molecule has 4 rings (SSSR count). The fourth-order valence-electron chi connectivity index (χ4n) is 3.36. The molecular formula is C19H18N4O4. The van der Waals surface area contributed by atoms with E-state index in [1.807, 2.05) is 6.92 Å². The topological polar surface area (TPSA) is 96.2 Å². The Labute approximate surface area is 155 Å². The van der Waals surface area contributed by atoms with E-state index in [1.165, 1.54) is 19.5 Å². The number of aromatic nitrogens is 1. The molecule has 1 aromatic heterocycles. The van der Waals surface area contributed by atoms with Crippen molar-refractivity contribution in [2.24, 2.45) is 4.99 Å². The number of allylic oxidation sites excluding steroid dienone is 1. The molecular weight excluding hydrogens is 348 g/mol. The summed E-state index contributed by atoms with van der Waals surface area (Å²) in [7, 11) is 0. The Hall–Kier alpha value is -3.55. The zero-order valence-electron chi connectivity index (χ0n) is 14.8. The van der Waals surface area contributed by atoms with Gasteiger partial charge in [0.15, 0.2) is 0 Å². The normalized spacial score (nSPS) is 18.8. The number of aliphatic imine (C=N–C) groups is 1. The molecule has 2 aromatic rings. The fraction of sp³-hybridized carbons (Fsp3) is 0.211. The maximum Gasteiger partial charge on any atom is 0.415 e. The number of amides is 1. The number of rotatable bonds is 2. The van der Waals surface area contributed by atoms with Crippen LogP contribution in [0.25, 0.3) is 10.9 Å². The lowest BCUT2D eigenvalue weighted by atomic mass is 9.99. The minimum absolute atomic E-state index is 0.00188. The summed E-state index contributed by atoms with van der Waals surface area (Å²) in [6, 6.07) is 6.91. The van der Waals surface area contributed by atoms with Crippen LogP contribution in [0.3, 0.4) is 0 Å². The van der Waals surface area contributed by atoms with Crippen molar-refractivity contribution >= 4 is 29.2 Å². The predicted octanol–water partition coefficient (Wildman–Crippen LogP) is 2.87. The van der Waals surface area contributed by atoms with Crippen molar-refractivity contribution in [2.75, 3.05) is 0 Å². The highest BCUT2D eigenvalue weighted by Gasteiger charge is 2.28. The second-order valence-electron chi connectivity index (χ2n) is 6.50. The fourth-order valence-corrected chi connectivity index (χ4v) is 3.36. The van der Waals surface area contributed by atoms with E-state index in [9.17, 15) is 14.7 Å². The van der Waals surface area contributed by atoms with E-state index in [2.05, 4.69) is 10.3 Å². The van der Waals surface area contributed by atoms with Gasteiger partial charge in [-0.2, -0.15) is 0 Å². The van der Waals surface area contributed by atoms with Crippen LogP contribution in [0, 0.1) is 0 Å². The third kappa shape index (κ3) is 2.95. The standard InChI is InChI=1S/C19H18N4O4/c1-11-7-15-16(9-23(11)12(2)24)20-10-21-18(15)27-14-3-4-17-13(8-14)5-6-22(17)19(25)26/h3-6,8-11H,7H2,1-2H3,(H,20,21)(H,25,26). The van der Waals surface area contributed by atoms with Crippen molar-refractivity contribution in [1.29, 1.82) is 0 Å². The molecule has 8 nitrogen and oxygen atoms in total. The summed E-state index contributed by atoms with van der Waals surface area (Å²) < 4.78 is 7.14. The lowest BCUT2D eigenvalue weighted by Gasteiger charge is -2.33. The van der Waals surface area contributed by atoms with Crippen LogP contribution < -0.4 is 10.1 Å². The van der Waals surface area contributed by atoms with Gasteiger partial charge in [0, 0.05) is 42.7 Å². The van der Waals surface area contributed by atoms with Gasteiger partial charge in [-0.05, 0) is 31.2 Å². The van der Waals surface area contributed by atoms with Gasteiger partial charge in [-0.15, -0.1) is 0 Å². The van der Waals surface area contributed by atoms with Crippen molar-refractivity contribution in [2.45, 2.75) is 26.3 Å². The molecule has 0 radical (unpaired) electrons. The first-order valence-corrected chi connectivity index (χ1v) is 8.49. The molecule has 2 N–H and O–H groups in total. The molecule has 1 unspecified atom stereocenters. The molecule has 138 valence electrons. The molecule has 1 atom stereocenters. The molecule has 0 aliphatic carbocycles. The van der Waals surface area contributed by atoms with Crippen LogP contribution in [-0.4, -0.2) is 39.0 Å². The third-order valence-electron chi connectivity index (χ3n) is 4.67. The van der Waals surface area contributed by atoms with Crippen LogP contribution in [0.2, 0.25) is 0 Å². The van der Waals surface area contributed by atoms with Gasteiger partial charge in [0.25, 0.3) is 0 Å². The number of hydrogen-bond donors (Lipinski definition) is 2. The number of carboxylic acid groups (broad SMARTS) is 1. The molecule has 0 spiro atoms. The molecule has 27 heavy (non-hydrogen) atoms. The molecule has 0 fully saturated rings. The van der Waals surface area contributed by atoms with Gasteiger partial charge < -0.3 is 20.1 Å². The van der Waals surface area contributed by atoms with Crippen molar-refractivity contribution in [3.8, 4) is 5.75 Å². The number of benzene rings is 1. The Morgan fingerprint density at radius 3 is 2.89 bits per heavy atom. The highest BCUT2D eigenvalue weighted by Crippen LogP contribution is 2.31. The summed E-state index contributed by atoms with van der Waals surface area (Å²) in [6.45, 7) is 3.51. The van der Waals surface area contributed by atoms with E-state index < -0.39 is 6.09 Å². The highest BCUT2D eigenvalue weighted by atomic mass is 16.5. The van der Waals surface area contributed by atoms with Crippen molar-refractivity contribution in [3.63, 3.8) is 0 Å². The number of nitrogens with one attached hydrogen (secondary N) is 1. The van der Waals surface area contributed by atoms with Gasteiger partial charge in [-0.3, -0.25) is 9.36 Å². The summed E-state index contributed by atoms with van der Waals surface area (Å²) >= 11 is 0. The van der Waals surface area contributed by atoms with E-state index in [0.29, 0.717) is 23.6 Å². The van der Waals surface area contributed by atoms with Crippen molar-refractivity contribution in [3.05, 3.63) is 53.8 Å². The molecule has 2 aliphatic heterocycles. The van der Waals surface area contributed by atoms with Gasteiger partial charge >= 0.3 is 6.09 Å². The van der Waals surface area contributed by atoms with Crippen LogP contribution in [0.1, 0.15) is 20.3 Å². The average Bonchev–Trinajstić information content (AvgIpc) is 3.05. The summed E-state index contributed by atoms with van der Waals surface area (Å²) in [5.41, 5.74) is 2.27. The molecule has 3 heterocycles. The first-order chi connectivity index (χ1) is 12.9. The average molecular weight is 366 g/mol. The summed E-state index contributed by atoms with van der Waals surface area (Å²) in [4.78, 5) is 29.0. The number of fused-ring (bicyclic) bond motifs is 2. The largest absolute Gasteiger partial charge is 0.464 e. The predicted molar refractivity (Wildman–Crippen MR) is 99.3 cm³/mol. The monoisotopic (exact) mass is 366 g/mol. The van der Waals surface area contributed by atoms with E-state index >= 15 is 0 Å². The van der Waals surface area contributed by atoms with E-state index in [1.54, 1.807) is 35.4 Å². The Balaban J connectivity index is 1.67. The minimum atomic E-state index is -1.03. The van der Waals surface area contributed by atoms with Gasteiger partial charge in [0.05, 0.1) is 17.6 Å². The molecule has 2 aliphatic rings. The molecule has 0 saturated heterocycles. The SMILES string of the molecule is CC(=O)N1C=C2NC=NC(Oc3ccc4c(ccn4C(=O)O)c3)=C2CC1C. The quantitative estimate of drug-likeness (QED) is 0.852. The maximum absolute atomic E-state index is 11.8. The zero-order chi connectivity index (χ0) is 19.1. The number of nitrogens with zero attached hydrogens (tertiary/aromatic N) is 3. The van der Waals surface area contributed by atoms with E-state index in [-0.39, 0.29) is 11.9 Å². The lowest BCUT2D eigenvalue weighted by molar-refractivity contribution is -0.128. The molecule has 0 saturated carbocycles. The first-order valence-electron chi connectivity index (χ1n) is 8.49. The first kappa shape index (κ1) is 16.9. The van der Waals surface area contributed by atoms with Crippen LogP contribution in [0.5, 0.6) is 5.75 Å². The Bertz CT molecular complexity index is 1050. The smallest absolute Gasteiger partial charge is 0.415 e. The summed E-state index contributed by atoms with van der Waals surface area (Å²) in [5, 5.41) is 13.0. The molecule has 1 aromatic carbocycles. The van der Waals surface area contributed by atoms with Crippen LogP contribution in [0.15, 0.2) is 58.8 Å². The Kier molecular flexibility index (Phi) is 3.95. The number of carbonyl (C=O) groups excluding carboxylic acids is 1. The van der Waals surface area contributed by atoms with Gasteiger partial charge in [0.1, 0.15) is 5.75 Å². The van der Waals surface area contributed by atoms with Crippen LogP contribution >= 0.6 is 0 Å². The third-order valence-corrected chi connectivity index (χ3v) is 4.67. The maximum atomic E-state index is 11.8. The lowest BCUT2D eigenvalue weighted by Crippen LogP contribution is -2.39. The number of ether oxygens (including phenoxy) is 1.